The zero-order valence-corrected chi connectivity index (χ0v) is 16.4. The summed E-state index contributed by atoms with van der Waals surface area (Å²) in [6, 6.07) is 14.7. The Morgan fingerprint density at radius 2 is 1.67 bits per heavy atom. The second kappa shape index (κ2) is 7.32. The predicted octanol–water partition coefficient (Wildman–Crippen LogP) is 3.15. The van der Waals surface area contributed by atoms with Crippen molar-refractivity contribution in [2.24, 2.45) is 0 Å². The van der Waals surface area contributed by atoms with Gasteiger partial charge in [-0.2, -0.15) is 8.42 Å². The first-order chi connectivity index (χ1) is 12.7. The maximum absolute atomic E-state index is 12.3. The first kappa shape index (κ1) is 19.4. The molecule has 0 saturated carbocycles. The molecule has 144 valence electrons. The van der Waals surface area contributed by atoms with E-state index >= 15 is 0 Å². The number of hydrogen-bond acceptors (Lipinski definition) is 5. The average molecular weight is 389 g/mol. The zero-order chi connectivity index (χ0) is 19.7. The second-order valence-electron chi connectivity index (χ2n) is 7.39. The van der Waals surface area contributed by atoms with E-state index in [4.69, 9.17) is 8.92 Å². The van der Waals surface area contributed by atoms with Gasteiger partial charge in [-0.05, 0) is 50.6 Å². The van der Waals surface area contributed by atoms with Crippen LogP contribution in [0.1, 0.15) is 32.4 Å². The first-order valence-electron chi connectivity index (χ1n) is 8.68. The molecule has 0 radical (unpaired) electrons. The third-order valence-corrected chi connectivity index (χ3v) is 5.62. The van der Waals surface area contributed by atoms with E-state index in [1.807, 2.05) is 20.8 Å². The van der Waals surface area contributed by atoms with Gasteiger partial charge in [0.2, 0.25) is 5.91 Å². The van der Waals surface area contributed by atoms with Crippen LogP contribution >= 0.6 is 0 Å². The Hall–Kier alpha value is -2.38. The molecule has 0 aromatic heterocycles. The summed E-state index contributed by atoms with van der Waals surface area (Å²) in [4.78, 5) is 14.0. The fourth-order valence-electron chi connectivity index (χ4n) is 2.92. The molecule has 1 fully saturated rings. The van der Waals surface area contributed by atoms with Crippen LogP contribution in [0.3, 0.4) is 0 Å². The van der Waals surface area contributed by atoms with Crippen LogP contribution in [0.2, 0.25) is 0 Å². The molecule has 0 aliphatic carbocycles. The van der Waals surface area contributed by atoms with Gasteiger partial charge >= 0.3 is 10.1 Å². The summed E-state index contributed by atoms with van der Waals surface area (Å²) >= 11 is 0. The van der Waals surface area contributed by atoms with E-state index in [1.165, 1.54) is 12.1 Å². The van der Waals surface area contributed by atoms with Crippen LogP contribution in [0.15, 0.2) is 59.5 Å². The number of hydrogen-bond donors (Lipinski definition) is 0. The van der Waals surface area contributed by atoms with Gasteiger partial charge < -0.3 is 13.8 Å². The maximum atomic E-state index is 12.3. The van der Waals surface area contributed by atoms with Crippen LogP contribution in [0, 0.1) is 0 Å². The van der Waals surface area contributed by atoms with Crippen molar-refractivity contribution in [3.8, 4) is 5.75 Å². The molecule has 1 saturated heterocycles. The summed E-state index contributed by atoms with van der Waals surface area (Å²) in [5.74, 6) is 0.190. The highest BCUT2D eigenvalue weighted by Crippen LogP contribution is 2.29. The number of rotatable bonds is 4. The molecule has 0 N–H and O–H groups in total. The summed E-state index contributed by atoms with van der Waals surface area (Å²) < 4.78 is 35.4. The molecule has 0 spiro atoms. The Kier molecular flexibility index (Phi) is 5.26. The van der Waals surface area contributed by atoms with E-state index in [0.717, 1.165) is 5.56 Å². The molecule has 2 aromatic rings. The van der Waals surface area contributed by atoms with Crippen LogP contribution in [-0.4, -0.2) is 37.9 Å². The van der Waals surface area contributed by atoms with Gasteiger partial charge in [0.25, 0.3) is 0 Å². The van der Waals surface area contributed by atoms with Crippen LogP contribution < -0.4 is 4.18 Å². The number of morpholine rings is 1. The first-order valence-corrected chi connectivity index (χ1v) is 10.1. The Balaban J connectivity index is 1.73. The van der Waals surface area contributed by atoms with Gasteiger partial charge in [0.1, 0.15) is 23.4 Å². The molecule has 1 aliphatic heterocycles. The number of carbonyl (C=O) groups is 1. The Morgan fingerprint density at radius 1 is 1.04 bits per heavy atom. The highest BCUT2D eigenvalue weighted by atomic mass is 32.2. The highest BCUT2D eigenvalue weighted by molar-refractivity contribution is 7.87. The molecule has 1 aliphatic rings. The summed E-state index contributed by atoms with van der Waals surface area (Å²) in [6.45, 7) is 6.43. The fourth-order valence-corrected chi connectivity index (χ4v) is 3.87. The van der Waals surface area contributed by atoms with Gasteiger partial charge in [-0.15, -0.1) is 0 Å². The molecule has 3 rings (SSSR count). The van der Waals surface area contributed by atoms with Crippen LogP contribution in [0.4, 0.5) is 0 Å². The minimum Gasteiger partial charge on any atom is -0.379 e. The van der Waals surface area contributed by atoms with Gasteiger partial charge in [-0.1, -0.05) is 30.3 Å². The van der Waals surface area contributed by atoms with E-state index < -0.39 is 10.1 Å². The largest absolute Gasteiger partial charge is 0.379 e. The molecule has 1 atom stereocenters. The third kappa shape index (κ3) is 4.48. The van der Waals surface area contributed by atoms with Crippen LogP contribution in [0.25, 0.3) is 0 Å². The number of benzene rings is 2. The van der Waals surface area contributed by atoms with E-state index in [2.05, 4.69) is 0 Å². The van der Waals surface area contributed by atoms with Crippen molar-refractivity contribution in [3.05, 3.63) is 60.2 Å². The van der Waals surface area contributed by atoms with Gasteiger partial charge in [-0.25, -0.2) is 0 Å². The lowest BCUT2D eigenvalue weighted by atomic mass is 10.0. The monoisotopic (exact) mass is 389 g/mol. The lowest BCUT2D eigenvalue weighted by Gasteiger charge is -2.41. The minimum absolute atomic E-state index is 0.0303. The molecule has 1 heterocycles. The molecule has 2 aromatic carbocycles. The SMILES string of the molecule is CC(C)(C)N1CC(c2ccc(OS(=O)(=O)c3ccccc3)cc2)OCC1=O. The second-order valence-corrected chi connectivity index (χ2v) is 8.94. The number of ether oxygens (including phenoxy) is 1. The summed E-state index contributed by atoms with van der Waals surface area (Å²) in [7, 11) is -3.87. The predicted molar refractivity (Wildman–Crippen MR) is 101 cm³/mol. The molecule has 7 heteroatoms. The number of amides is 1. The third-order valence-electron chi connectivity index (χ3n) is 4.36. The van der Waals surface area contributed by atoms with Crippen molar-refractivity contribution in [2.75, 3.05) is 13.2 Å². The molecule has 6 nitrogen and oxygen atoms in total. The average Bonchev–Trinajstić information content (AvgIpc) is 2.62. The Morgan fingerprint density at radius 3 is 2.26 bits per heavy atom. The van der Waals surface area contributed by atoms with Crippen molar-refractivity contribution in [3.63, 3.8) is 0 Å². The number of carbonyl (C=O) groups excluding carboxylic acids is 1. The Labute approximate surface area is 159 Å². The van der Waals surface area contributed by atoms with Crippen molar-refractivity contribution in [2.45, 2.75) is 37.3 Å². The highest BCUT2D eigenvalue weighted by Gasteiger charge is 2.34. The lowest BCUT2D eigenvalue weighted by molar-refractivity contribution is -0.156. The summed E-state index contributed by atoms with van der Waals surface area (Å²) in [5, 5.41) is 0. The van der Waals surface area contributed by atoms with E-state index in [-0.39, 0.29) is 34.8 Å². The molecule has 1 unspecified atom stereocenters. The lowest BCUT2D eigenvalue weighted by Crippen LogP contribution is -2.52. The Bertz CT molecular complexity index is 902. The zero-order valence-electron chi connectivity index (χ0n) is 15.6. The van der Waals surface area contributed by atoms with Crippen molar-refractivity contribution >= 4 is 16.0 Å². The normalized spacial score (nSPS) is 18.4. The van der Waals surface area contributed by atoms with Crippen molar-refractivity contribution in [1.82, 2.24) is 4.90 Å². The molecule has 27 heavy (non-hydrogen) atoms. The molecule has 0 bridgehead atoms. The molecular weight excluding hydrogens is 366 g/mol. The summed E-state index contributed by atoms with van der Waals surface area (Å²) in [5.41, 5.74) is 0.576. The van der Waals surface area contributed by atoms with E-state index in [1.54, 1.807) is 47.4 Å². The quantitative estimate of drug-likeness (QED) is 0.751. The van der Waals surface area contributed by atoms with E-state index in [0.29, 0.717) is 6.54 Å². The minimum atomic E-state index is -3.87. The maximum Gasteiger partial charge on any atom is 0.339 e. The fraction of sp³-hybridized carbons (Fsp3) is 0.350. The number of nitrogens with zero attached hydrogens (tertiary/aromatic N) is 1. The topological polar surface area (TPSA) is 72.9 Å². The smallest absolute Gasteiger partial charge is 0.339 e. The van der Waals surface area contributed by atoms with Gasteiger partial charge in [0.05, 0.1) is 6.54 Å². The standard InChI is InChI=1S/C20H23NO5S/c1-20(2,3)21-13-18(25-14-19(21)22)15-9-11-16(12-10-15)26-27(23,24)17-7-5-4-6-8-17/h4-12,18H,13-14H2,1-3H3. The van der Waals surface area contributed by atoms with Gasteiger partial charge in [0.15, 0.2) is 0 Å². The summed E-state index contributed by atoms with van der Waals surface area (Å²) in [6.07, 6.45) is -0.262. The van der Waals surface area contributed by atoms with E-state index in [9.17, 15) is 13.2 Å². The van der Waals surface area contributed by atoms with Crippen LogP contribution in [-0.2, 0) is 19.6 Å². The van der Waals surface area contributed by atoms with Crippen molar-refractivity contribution in [1.29, 1.82) is 0 Å². The van der Waals surface area contributed by atoms with Gasteiger partial charge in [0, 0.05) is 5.54 Å². The molecular formula is C20H23NO5S. The molecule has 1 amide bonds. The van der Waals surface area contributed by atoms with Crippen molar-refractivity contribution < 1.29 is 22.1 Å². The van der Waals surface area contributed by atoms with Crippen LogP contribution in [0.5, 0.6) is 5.75 Å². The van der Waals surface area contributed by atoms with Gasteiger partial charge in [-0.3, -0.25) is 4.79 Å².